The molecular formula is C24H30Cl4N8O. The van der Waals surface area contributed by atoms with E-state index >= 15 is 0 Å². The second-order valence-electron chi connectivity index (χ2n) is 9.50. The van der Waals surface area contributed by atoms with E-state index in [0.717, 1.165) is 42.4 Å². The predicted molar refractivity (Wildman–Crippen MR) is 152 cm³/mol. The van der Waals surface area contributed by atoms with E-state index in [1.54, 1.807) is 19.1 Å². The second kappa shape index (κ2) is 12.1. The van der Waals surface area contributed by atoms with E-state index < -0.39 is 0 Å². The van der Waals surface area contributed by atoms with Crippen LogP contribution in [0.3, 0.4) is 0 Å². The van der Waals surface area contributed by atoms with Gasteiger partial charge in [0.1, 0.15) is 0 Å². The normalized spacial score (nSPS) is 25.1. The van der Waals surface area contributed by atoms with Crippen LogP contribution in [0.4, 0.5) is 11.6 Å². The SMILES string of the molecule is CC(=O)N1C2C=C(c3cc(Cl)nnc3N)CC1CC2.Cl.Cl.Nc1nnc(Cl)cc1C1=CC2CCC(C1)N2. The van der Waals surface area contributed by atoms with Gasteiger partial charge in [0.25, 0.3) is 0 Å². The van der Waals surface area contributed by atoms with Gasteiger partial charge in [-0.1, -0.05) is 35.4 Å². The summed E-state index contributed by atoms with van der Waals surface area (Å²) in [5.74, 6) is 1.00. The molecule has 4 bridgehead atoms. The quantitative estimate of drug-likeness (QED) is 0.472. The number of nitrogens with zero attached hydrogens (tertiary/aromatic N) is 5. The van der Waals surface area contributed by atoms with Crippen molar-refractivity contribution in [2.45, 2.75) is 69.6 Å². The number of anilines is 2. The molecule has 4 unspecified atom stereocenters. The number of halogens is 4. The monoisotopic (exact) mass is 586 g/mol. The second-order valence-corrected chi connectivity index (χ2v) is 10.3. The van der Waals surface area contributed by atoms with E-state index in [1.165, 1.54) is 18.4 Å². The molecule has 9 nitrogen and oxygen atoms in total. The fraction of sp³-hybridized carbons (Fsp3) is 0.458. The molecular weight excluding hydrogens is 558 g/mol. The van der Waals surface area contributed by atoms with Gasteiger partial charge in [-0.15, -0.1) is 45.2 Å². The molecule has 37 heavy (non-hydrogen) atoms. The molecule has 4 aliphatic rings. The Labute approximate surface area is 238 Å². The molecule has 0 aromatic carbocycles. The summed E-state index contributed by atoms with van der Waals surface area (Å²) in [6, 6.07) is 5.07. The van der Waals surface area contributed by atoms with Gasteiger partial charge in [0, 0.05) is 36.2 Å². The zero-order chi connectivity index (χ0) is 24.7. The first-order valence-electron chi connectivity index (χ1n) is 11.8. The Morgan fingerprint density at radius 2 is 1.49 bits per heavy atom. The van der Waals surface area contributed by atoms with Crippen LogP contribution in [0.25, 0.3) is 11.1 Å². The summed E-state index contributed by atoms with van der Waals surface area (Å²) in [4.78, 5) is 13.6. The highest BCUT2D eigenvalue weighted by Crippen LogP contribution is 2.40. The first-order chi connectivity index (χ1) is 16.8. The van der Waals surface area contributed by atoms with Crippen molar-refractivity contribution >= 4 is 76.7 Å². The van der Waals surface area contributed by atoms with Gasteiger partial charge in [-0.05, 0) is 61.8 Å². The zero-order valence-electron chi connectivity index (χ0n) is 20.2. The first kappa shape index (κ1) is 29.4. The molecule has 4 atom stereocenters. The van der Waals surface area contributed by atoms with Gasteiger partial charge < -0.3 is 21.7 Å². The van der Waals surface area contributed by atoms with Gasteiger partial charge in [0.2, 0.25) is 5.91 Å². The molecule has 0 radical (unpaired) electrons. The maximum Gasteiger partial charge on any atom is 0.220 e. The van der Waals surface area contributed by atoms with E-state index in [0.29, 0.717) is 34.0 Å². The van der Waals surface area contributed by atoms with Crippen molar-refractivity contribution in [3.63, 3.8) is 0 Å². The zero-order valence-corrected chi connectivity index (χ0v) is 23.4. The minimum atomic E-state index is 0. The highest BCUT2D eigenvalue weighted by molar-refractivity contribution is 6.29. The molecule has 0 spiro atoms. The molecule has 2 fully saturated rings. The molecule has 13 heteroatoms. The van der Waals surface area contributed by atoms with Crippen molar-refractivity contribution in [3.8, 4) is 0 Å². The number of hydrogen-bond acceptors (Lipinski definition) is 8. The summed E-state index contributed by atoms with van der Waals surface area (Å²) in [5, 5.41) is 19.5. The van der Waals surface area contributed by atoms with Gasteiger partial charge in [0.05, 0.1) is 6.04 Å². The predicted octanol–water partition coefficient (Wildman–Crippen LogP) is 4.34. The summed E-state index contributed by atoms with van der Waals surface area (Å²) in [7, 11) is 0. The lowest BCUT2D eigenvalue weighted by atomic mass is 9.95. The number of nitrogen functional groups attached to an aromatic ring is 2. The van der Waals surface area contributed by atoms with E-state index in [2.05, 4.69) is 37.9 Å². The van der Waals surface area contributed by atoms with Crippen LogP contribution in [0.5, 0.6) is 0 Å². The van der Waals surface area contributed by atoms with Gasteiger partial charge in [-0.2, -0.15) is 0 Å². The fourth-order valence-electron chi connectivity index (χ4n) is 5.71. The van der Waals surface area contributed by atoms with Gasteiger partial charge >= 0.3 is 0 Å². The maximum atomic E-state index is 11.7. The van der Waals surface area contributed by atoms with Crippen LogP contribution in [-0.4, -0.2) is 55.4 Å². The number of aromatic nitrogens is 4. The Bertz CT molecular complexity index is 1220. The summed E-state index contributed by atoms with van der Waals surface area (Å²) >= 11 is 11.7. The minimum Gasteiger partial charge on any atom is -0.382 e. The summed E-state index contributed by atoms with van der Waals surface area (Å²) in [5.41, 5.74) is 15.9. The lowest BCUT2D eigenvalue weighted by Gasteiger charge is -2.33. The number of carbonyl (C=O) groups excluding carboxylic acids is 1. The van der Waals surface area contributed by atoms with Crippen LogP contribution in [-0.2, 0) is 4.79 Å². The van der Waals surface area contributed by atoms with Crippen LogP contribution < -0.4 is 16.8 Å². The van der Waals surface area contributed by atoms with Crippen molar-refractivity contribution in [2.75, 3.05) is 11.5 Å². The Balaban J connectivity index is 0.000000197. The molecule has 2 saturated heterocycles. The molecule has 6 heterocycles. The van der Waals surface area contributed by atoms with E-state index in [9.17, 15) is 4.79 Å². The highest BCUT2D eigenvalue weighted by atomic mass is 35.5. The number of amides is 1. The largest absolute Gasteiger partial charge is 0.382 e. The van der Waals surface area contributed by atoms with Crippen LogP contribution in [0, 0.1) is 0 Å². The third kappa shape index (κ3) is 6.29. The Morgan fingerprint density at radius 1 is 0.892 bits per heavy atom. The van der Waals surface area contributed by atoms with Gasteiger partial charge in [0.15, 0.2) is 21.9 Å². The molecule has 0 saturated carbocycles. The van der Waals surface area contributed by atoms with Crippen molar-refractivity contribution in [1.29, 1.82) is 0 Å². The summed E-state index contributed by atoms with van der Waals surface area (Å²) < 4.78 is 0. The number of fused-ring (bicyclic) bond motifs is 4. The Kier molecular flexibility index (Phi) is 9.63. The lowest BCUT2D eigenvalue weighted by Crippen LogP contribution is -2.41. The molecule has 4 aliphatic heterocycles. The third-order valence-electron chi connectivity index (χ3n) is 7.18. The van der Waals surface area contributed by atoms with E-state index in [-0.39, 0.29) is 42.8 Å². The molecule has 200 valence electrons. The minimum absolute atomic E-state index is 0. The smallest absolute Gasteiger partial charge is 0.220 e. The van der Waals surface area contributed by atoms with Crippen molar-refractivity contribution in [3.05, 3.63) is 45.7 Å². The van der Waals surface area contributed by atoms with E-state index in [4.69, 9.17) is 34.7 Å². The maximum absolute atomic E-state index is 11.7. The number of hydrogen-bond donors (Lipinski definition) is 3. The third-order valence-corrected chi connectivity index (χ3v) is 7.55. The number of nitrogens with one attached hydrogen (secondary N) is 1. The van der Waals surface area contributed by atoms with E-state index in [1.807, 2.05) is 4.90 Å². The number of nitrogens with two attached hydrogens (primary N) is 2. The molecule has 0 aliphatic carbocycles. The molecule has 2 aromatic heterocycles. The van der Waals surface area contributed by atoms with Crippen LogP contribution in [0.1, 0.15) is 56.6 Å². The van der Waals surface area contributed by atoms with Crippen molar-refractivity contribution in [2.24, 2.45) is 0 Å². The van der Waals surface area contributed by atoms with Crippen molar-refractivity contribution < 1.29 is 4.79 Å². The van der Waals surface area contributed by atoms with Crippen LogP contribution in [0.15, 0.2) is 24.3 Å². The van der Waals surface area contributed by atoms with Crippen LogP contribution in [0.2, 0.25) is 10.3 Å². The lowest BCUT2D eigenvalue weighted by molar-refractivity contribution is -0.131. The molecule has 6 rings (SSSR count). The van der Waals surface area contributed by atoms with Gasteiger partial charge in [-0.3, -0.25) is 4.79 Å². The Hall–Kier alpha value is -2.17. The average Bonchev–Trinajstić information content (AvgIpc) is 3.31. The number of carbonyl (C=O) groups is 1. The Morgan fingerprint density at radius 3 is 2.03 bits per heavy atom. The topological polar surface area (TPSA) is 136 Å². The highest BCUT2D eigenvalue weighted by Gasteiger charge is 2.38. The molecule has 1 amide bonds. The fourth-order valence-corrected chi connectivity index (χ4v) is 6.00. The standard InChI is InChI=1S/C13H15ClN4O.C11H13ClN4.2ClH/c1-7(19)18-9-2-3-10(18)5-8(4-9)11-6-12(14)16-17-13(11)15;12-10-5-9(11(13)16-15-10)6-3-7-1-2-8(4-6)14-7;;/h4,6,9-10H,2-3,5H2,1H3,(H2,15,17);3,5,7-8,14H,1-2,4H2,(H2,13,16);2*1H. The van der Waals surface area contributed by atoms with Gasteiger partial charge in [-0.25, -0.2) is 0 Å². The first-order valence-corrected chi connectivity index (χ1v) is 12.6. The molecule has 5 N–H and O–H groups in total. The molecule has 2 aromatic rings. The summed E-state index contributed by atoms with van der Waals surface area (Å²) in [6.07, 6.45) is 10.7. The number of rotatable bonds is 2. The van der Waals surface area contributed by atoms with Crippen molar-refractivity contribution in [1.82, 2.24) is 30.6 Å². The van der Waals surface area contributed by atoms with Crippen LogP contribution >= 0.6 is 48.0 Å². The summed E-state index contributed by atoms with van der Waals surface area (Å²) in [6.45, 7) is 1.63. The average molecular weight is 588 g/mol.